The lowest BCUT2D eigenvalue weighted by Crippen LogP contribution is -2.21. The second-order valence-electron chi connectivity index (χ2n) is 4.32. The van der Waals surface area contributed by atoms with Gasteiger partial charge in [-0.2, -0.15) is 0 Å². The average molecular weight is 297 g/mol. The molecule has 1 aromatic rings. The molecule has 1 aromatic carbocycles. The van der Waals surface area contributed by atoms with Gasteiger partial charge in [-0.3, -0.25) is 9.59 Å². The SMILES string of the molecule is CCOC.COC(=O)CNC=O.Cc1cc(C)cc(C)c1. The van der Waals surface area contributed by atoms with Crippen LogP contribution in [0.2, 0.25) is 0 Å². The van der Waals surface area contributed by atoms with Crippen molar-refractivity contribution in [3.63, 3.8) is 0 Å². The van der Waals surface area contributed by atoms with Gasteiger partial charge in [0.1, 0.15) is 6.54 Å². The topological polar surface area (TPSA) is 64.6 Å². The van der Waals surface area contributed by atoms with Gasteiger partial charge in [0.25, 0.3) is 0 Å². The fourth-order valence-corrected chi connectivity index (χ4v) is 1.40. The van der Waals surface area contributed by atoms with Crippen LogP contribution >= 0.6 is 0 Å². The Morgan fingerprint density at radius 3 is 1.71 bits per heavy atom. The van der Waals surface area contributed by atoms with Crippen molar-refractivity contribution in [2.24, 2.45) is 0 Å². The number of amides is 1. The molecule has 0 atom stereocenters. The molecule has 0 spiro atoms. The maximum Gasteiger partial charge on any atom is 0.325 e. The van der Waals surface area contributed by atoms with Crippen molar-refractivity contribution in [1.82, 2.24) is 5.32 Å². The normalized spacial score (nSPS) is 8.48. The van der Waals surface area contributed by atoms with Crippen molar-refractivity contribution in [2.45, 2.75) is 27.7 Å². The summed E-state index contributed by atoms with van der Waals surface area (Å²) in [5, 5.41) is 2.14. The van der Waals surface area contributed by atoms with Crippen LogP contribution < -0.4 is 5.32 Å². The molecule has 5 nitrogen and oxygen atoms in total. The molecule has 0 aliphatic rings. The maximum absolute atomic E-state index is 10.1. The quantitative estimate of drug-likeness (QED) is 0.683. The summed E-state index contributed by atoms with van der Waals surface area (Å²) >= 11 is 0. The minimum atomic E-state index is -0.447. The summed E-state index contributed by atoms with van der Waals surface area (Å²) in [6, 6.07) is 6.56. The number of benzene rings is 1. The van der Waals surface area contributed by atoms with Crippen molar-refractivity contribution >= 4 is 12.4 Å². The van der Waals surface area contributed by atoms with Crippen LogP contribution in [0.15, 0.2) is 18.2 Å². The van der Waals surface area contributed by atoms with E-state index in [2.05, 4.69) is 53.8 Å². The average Bonchev–Trinajstić information content (AvgIpc) is 2.44. The highest BCUT2D eigenvalue weighted by Crippen LogP contribution is 2.06. The molecular formula is C16H27NO4. The predicted octanol–water partition coefficient (Wildman–Crippen LogP) is 2.17. The van der Waals surface area contributed by atoms with Crippen LogP contribution in [-0.4, -0.2) is 39.8 Å². The molecule has 0 saturated carbocycles. The molecule has 1 amide bonds. The number of esters is 1. The molecule has 0 aromatic heterocycles. The molecule has 0 aliphatic carbocycles. The lowest BCUT2D eigenvalue weighted by Gasteiger charge is -1.96. The summed E-state index contributed by atoms with van der Waals surface area (Å²) < 4.78 is 8.73. The highest BCUT2D eigenvalue weighted by molar-refractivity contribution is 5.73. The monoisotopic (exact) mass is 297 g/mol. The van der Waals surface area contributed by atoms with Gasteiger partial charge < -0.3 is 14.8 Å². The van der Waals surface area contributed by atoms with E-state index in [4.69, 9.17) is 0 Å². The largest absolute Gasteiger partial charge is 0.468 e. The third kappa shape index (κ3) is 16.1. The van der Waals surface area contributed by atoms with Gasteiger partial charge in [-0.15, -0.1) is 0 Å². The molecule has 5 heteroatoms. The summed E-state index contributed by atoms with van der Waals surface area (Å²) in [6.45, 7) is 9.10. The van der Waals surface area contributed by atoms with Crippen LogP contribution in [0.5, 0.6) is 0 Å². The number of carbonyl (C=O) groups is 2. The van der Waals surface area contributed by atoms with Crippen molar-refractivity contribution < 1.29 is 19.1 Å². The van der Waals surface area contributed by atoms with Crippen LogP contribution in [0, 0.1) is 20.8 Å². The lowest BCUT2D eigenvalue weighted by molar-refractivity contribution is -0.140. The van der Waals surface area contributed by atoms with E-state index < -0.39 is 5.97 Å². The zero-order valence-corrected chi connectivity index (χ0v) is 13.9. The van der Waals surface area contributed by atoms with Gasteiger partial charge in [0.15, 0.2) is 0 Å². The van der Waals surface area contributed by atoms with Crippen LogP contribution in [0.1, 0.15) is 23.6 Å². The number of hydrogen-bond donors (Lipinski definition) is 1. The van der Waals surface area contributed by atoms with E-state index in [0.717, 1.165) is 6.61 Å². The molecule has 21 heavy (non-hydrogen) atoms. The van der Waals surface area contributed by atoms with Crippen LogP contribution in [0.25, 0.3) is 0 Å². The zero-order valence-electron chi connectivity index (χ0n) is 13.9. The van der Waals surface area contributed by atoms with Crippen molar-refractivity contribution in [3.8, 4) is 0 Å². The molecule has 0 radical (unpaired) electrons. The molecule has 0 unspecified atom stereocenters. The van der Waals surface area contributed by atoms with E-state index in [0.29, 0.717) is 6.41 Å². The summed E-state index contributed by atoms with van der Waals surface area (Å²) in [4.78, 5) is 19.6. The summed E-state index contributed by atoms with van der Waals surface area (Å²) in [6.07, 6.45) is 0.441. The number of nitrogens with one attached hydrogen (secondary N) is 1. The van der Waals surface area contributed by atoms with E-state index >= 15 is 0 Å². The van der Waals surface area contributed by atoms with E-state index in [9.17, 15) is 9.59 Å². The summed E-state index contributed by atoms with van der Waals surface area (Å²) in [5.74, 6) is -0.447. The molecule has 0 fully saturated rings. The fraction of sp³-hybridized carbons (Fsp3) is 0.500. The zero-order chi connectivity index (χ0) is 16.7. The Kier molecular flexibility index (Phi) is 14.8. The fourth-order valence-electron chi connectivity index (χ4n) is 1.40. The van der Waals surface area contributed by atoms with Gasteiger partial charge in [-0.1, -0.05) is 34.9 Å². The first kappa shape index (κ1) is 21.4. The third-order valence-corrected chi connectivity index (χ3v) is 2.21. The first-order valence-corrected chi connectivity index (χ1v) is 6.68. The number of methoxy groups -OCH3 is 2. The van der Waals surface area contributed by atoms with Crippen LogP contribution in [0.3, 0.4) is 0 Å². The molecular weight excluding hydrogens is 270 g/mol. The highest BCUT2D eigenvalue weighted by atomic mass is 16.5. The Bertz CT molecular complexity index is 353. The molecule has 0 heterocycles. The van der Waals surface area contributed by atoms with Crippen LogP contribution in [0.4, 0.5) is 0 Å². The predicted molar refractivity (Wildman–Crippen MR) is 84.3 cm³/mol. The Balaban J connectivity index is 0. The van der Waals surface area contributed by atoms with Gasteiger partial charge >= 0.3 is 5.97 Å². The maximum atomic E-state index is 10.1. The lowest BCUT2D eigenvalue weighted by atomic mass is 10.1. The standard InChI is InChI=1S/C9H12.C4H7NO3.C3H8O/c1-7-4-8(2)6-9(3)5-7;1-8-4(7)2-5-3-6;1-3-4-2/h4-6H,1-3H3;3H,2H2,1H3,(H,5,6);3H2,1-2H3. The first-order valence-electron chi connectivity index (χ1n) is 6.68. The summed E-state index contributed by atoms with van der Waals surface area (Å²) in [5.41, 5.74) is 4.06. The van der Waals surface area contributed by atoms with E-state index in [1.807, 2.05) is 6.92 Å². The summed E-state index contributed by atoms with van der Waals surface area (Å²) in [7, 11) is 2.94. The Morgan fingerprint density at radius 1 is 1.10 bits per heavy atom. The van der Waals surface area contributed by atoms with Crippen molar-refractivity contribution in [2.75, 3.05) is 27.4 Å². The van der Waals surface area contributed by atoms with Gasteiger partial charge in [-0.05, 0) is 27.7 Å². The van der Waals surface area contributed by atoms with Gasteiger partial charge in [0.2, 0.25) is 6.41 Å². The highest BCUT2D eigenvalue weighted by Gasteiger charge is 1.93. The Hall–Kier alpha value is -1.88. The molecule has 1 rings (SSSR count). The van der Waals surface area contributed by atoms with E-state index in [1.54, 1.807) is 7.11 Å². The number of rotatable bonds is 4. The second kappa shape index (κ2) is 14.5. The van der Waals surface area contributed by atoms with Gasteiger partial charge in [0, 0.05) is 13.7 Å². The minimum absolute atomic E-state index is 0.0556. The smallest absolute Gasteiger partial charge is 0.325 e. The molecule has 120 valence electrons. The van der Waals surface area contributed by atoms with E-state index in [-0.39, 0.29) is 6.54 Å². The van der Waals surface area contributed by atoms with Gasteiger partial charge in [-0.25, -0.2) is 0 Å². The number of ether oxygens (including phenoxy) is 2. The molecule has 1 N–H and O–H groups in total. The minimum Gasteiger partial charge on any atom is -0.468 e. The van der Waals surface area contributed by atoms with E-state index in [1.165, 1.54) is 23.8 Å². The molecule has 0 aliphatic heterocycles. The molecule has 0 saturated heterocycles. The number of carbonyl (C=O) groups excluding carboxylic acids is 2. The number of aryl methyl sites for hydroxylation is 3. The van der Waals surface area contributed by atoms with Crippen molar-refractivity contribution in [3.05, 3.63) is 34.9 Å². The van der Waals surface area contributed by atoms with Crippen LogP contribution in [-0.2, 0) is 19.1 Å². The second-order valence-corrected chi connectivity index (χ2v) is 4.32. The Labute approximate surface area is 127 Å². The first-order chi connectivity index (χ1) is 9.90. The molecule has 0 bridgehead atoms. The van der Waals surface area contributed by atoms with Crippen molar-refractivity contribution in [1.29, 1.82) is 0 Å². The third-order valence-electron chi connectivity index (χ3n) is 2.21. The Morgan fingerprint density at radius 2 is 1.48 bits per heavy atom. The number of hydrogen-bond acceptors (Lipinski definition) is 4. The van der Waals surface area contributed by atoms with Gasteiger partial charge in [0.05, 0.1) is 7.11 Å².